The zero-order chi connectivity index (χ0) is 15.8. The van der Waals surface area contributed by atoms with E-state index in [2.05, 4.69) is 9.71 Å². The summed E-state index contributed by atoms with van der Waals surface area (Å²) in [5, 5.41) is 0. The number of aromatic nitrogens is 1. The van der Waals surface area contributed by atoms with Crippen LogP contribution in [-0.4, -0.2) is 25.1 Å². The van der Waals surface area contributed by atoms with Gasteiger partial charge < -0.3 is 0 Å². The Morgan fingerprint density at radius 3 is 2.48 bits per heavy atom. The molecule has 114 valence electrons. The summed E-state index contributed by atoms with van der Waals surface area (Å²) in [4.78, 5) is 27.3. The summed E-state index contributed by atoms with van der Waals surface area (Å²) in [7, 11) is -3.92. The lowest BCUT2D eigenvalue weighted by Gasteiger charge is -2.49. The average molecular weight is 310 g/mol. The Bertz CT molecular complexity index is 667. The third-order valence-corrected chi connectivity index (χ3v) is 5.59. The van der Waals surface area contributed by atoms with Crippen molar-refractivity contribution in [2.45, 2.75) is 32.1 Å². The van der Waals surface area contributed by atoms with Crippen LogP contribution in [0.2, 0.25) is 0 Å². The Labute approximate surface area is 124 Å². The minimum Gasteiger partial charge on any atom is -0.300 e. The second-order valence-electron chi connectivity index (χ2n) is 5.93. The molecule has 1 aliphatic carbocycles. The normalized spacial score (nSPS) is 24.0. The molecule has 1 saturated carbocycles. The van der Waals surface area contributed by atoms with Gasteiger partial charge in [0, 0.05) is 24.2 Å². The van der Waals surface area contributed by atoms with Crippen molar-refractivity contribution in [3.8, 4) is 0 Å². The van der Waals surface area contributed by atoms with Crippen molar-refractivity contribution < 1.29 is 18.0 Å². The maximum atomic E-state index is 12.2. The van der Waals surface area contributed by atoms with Gasteiger partial charge in [0.2, 0.25) is 5.91 Å². The monoisotopic (exact) mass is 310 g/mol. The maximum Gasteiger partial charge on any atom is 0.265 e. The van der Waals surface area contributed by atoms with E-state index < -0.39 is 27.3 Å². The van der Waals surface area contributed by atoms with E-state index in [1.165, 1.54) is 31.5 Å². The minimum absolute atomic E-state index is 0.0270. The van der Waals surface area contributed by atoms with Crippen molar-refractivity contribution in [1.82, 2.24) is 9.71 Å². The summed E-state index contributed by atoms with van der Waals surface area (Å²) in [5.74, 6) is -1.23. The van der Waals surface area contributed by atoms with Crippen LogP contribution in [0.4, 0.5) is 0 Å². The van der Waals surface area contributed by atoms with E-state index in [0.717, 1.165) is 0 Å². The Balaban J connectivity index is 2.12. The van der Waals surface area contributed by atoms with Crippen LogP contribution in [0.25, 0.3) is 0 Å². The first kappa shape index (κ1) is 15.6. The quantitative estimate of drug-likeness (QED) is 0.900. The van der Waals surface area contributed by atoms with Gasteiger partial charge in [-0.15, -0.1) is 0 Å². The zero-order valence-electron chi connectivity index (χ0n) is 12.2. The van der Waals surface area contributed by atoms with Crippen molar-refractivity contribution in [1.29, 1.82) is 0 Å². The molecule has 1 aromatic heterocycles. The molecule has 0 bridgehead atoms. The van der Waals surface area contributed by atoms with E-state index in [1.54, 1.807) is 0 Å². The zero-order valence-corrected chi connectivity index (χ0v) is 13.0. The number of sulfonamides is 1. The number of Topliss-reactive ketones (excluding diaryl/α,β-unsaturated/α-hetero) is 1. The summed E-state index contributed by atoms with van der Waals surface area (Å²) in [6.07, 6.45) is 3.02. The van der Waals surface area contributed by atoms with Gasteiger partial charge in [-0.25, -0.2) is 13.1 Å². The van der Waals surface area contributed by atoms with Gasteiger partial charge in [-0.2, -0.15) is 0 Å². The Morgan fingerprint density at radius 1 is 1.33 bits per heavy atom. The molecule has 1 aliphatic rings. The molecule has 6 nitrogen and oxygen atoms in total. The van der Waals surface area contributed by atoms with Crippen LogP contribution in [0, 0.1) is 17.3 Å². The van der Waals surface area contributed by atoms with E-state index in [0.29, 0.717) is 6.42 Å². The van der Waals surface area contributed by atoms with Crippen molar-refractivity contribution in [3.05, 3.63) is 24.5 Å². The number of hydrogen-bond acceptors (Lipinski definition) is 5. The number of carbonyl (C=O) groups excluding carboxylic acids is 2. The predicted molar refractivity (Wildman–Crippen MR) is 75.6 cm³/mol. The van der Waals surface area contributed by atoms with E-state index in [1.807, 2.05) is 13.8 Å². The molecule has 21 heavy (non-hydrogen) atoms. The second-order valence-corrected chi connectivity index (χ2v) is 7.61. The van der Waals surface area contributed by atoms with Crippen LogP contribution < -0.4 is 4.72 Å². The lowest BCUT2D eigenvalue weighted by molar-refractivity contribution is -0.147. The minimum atomic E-state index is -3.92. The van der Waals surface area contributed by atoms with Gasteiger partial charge >= 0.3 is 0 Å². The molecule has 0 radical (unpaired) electrons. The number of ketones is 1. The Kier molecular flexibility index (Phi) is 3.88. The molecule has 1 aromatic rings. The Morgan fingerprint density at radius 2 is 2.00 bits per heavy atom. The highest BCUT2D eigenvalue weighted by molar-refractivity contribution is 7.90. The fourth-order valence-electron chi connectivity index (χ4n) is 2.83. The summed E-state index contributed by atoms with van der Waals surface area (Å²) < 4.78 is 26.2. The van der Waals surface area contributed by atoms with Crippen LogP contribution in [0.1, 0.15) is 27.2 Å². The van der Waals surface area contributed by atoms with Crippen LogP contribution in [0.15, 0.2) is 29.4 Å². The fourth-order valence-corrected chi connectivity index (χ4v) is 3.81. The first-order chi connectivity index (χ1) is 9.66. The van der Waals surface area contributed by atoms with Crippen molar-refractivity contribution in [2.24, 2.45) is 17.3 Å². The highest BCUT2D eigenvalue weighted by atomic mass is 32.2. The molecule has 2 rings (SSSR count). The summed E-state index contributed by atoms with van der Waals surface area (Å²) in [6.45, 7) is 5.11. The molecular weight excluding hydrogens is 292 g/mol. The molecule has 1 fully saturated rings. The topological polar surface area (TPSA) is 93.2 Å². The smallest absolute Gasteiger partial charge is 0.265 e. The lowest BCUT2D eigenvalue weighted by Crippen LogP contribution is -2.55. The number of pyridine rings is 1. The number of hydrogen-bond donors (Lipinski definition) is 1. The standard InChI is InChI=1S/C14H18N2O4S/c1-9(17)11-7-12(14(11,2)3)13(18)16-21(19,20)10-5-4-6-15-8-10/h4-6,8,11-12H,7H2,1-3H3,(H,16,18)/t11-,12+/m0/s1. The van der Waals surface area contributed by atoms with Crippen molar-refractivity contribution in [2.75, 3.05) is 0 Å². The third kappa shape index (κ3) is 2.83. The highest BCUT2D eigenvalue weighted by Crippen LogP contribution is 2.51. The summed E-state index contributed by atoms with van der Waals surface area (Å²) in [6, 6.07) is 2.85. The first-order valence-corrected chi connectivity index (χ1v) is 8.11. The predicted octanol–water partition coefficient (Wildman–Crippen LogP) is 1.14. The van der Waals surface area contributed by atoms with Crippen LogP contribution in [-0.2, 0) is 19.6 Å². The van der Waals surface area contributed by atoms with Crippen LogP contribution in [0.3, 0.4) is 0 Å². The molecule has 1 amide bonds. The van der Waals surface area contributed by atoms with Crippen LogP contribution in [0.5, 0.6) is 0 Å². The Hall–Kier alpha value is -1.76. The molecule has 7 heteroatoms. The molecular formula is C14H18N2O4S. The third-order valence-electron chi connectivity index (χ3n) is 4.25. The number of amides is 1. The number of carbonyl (C=O) groups is 2. The lowest BCUT2D eigenvalue weighted by atomic mass is 9.53. The highest BCUT2D eigenvalue weighted by Gasteiger charge is 2.54. The maximum absolute atomic E-state index is 12.2. The van der Waals surface area contributed by atoms with Gasteiger partial charge in [0.1, 0.15) is 10.7 Å². The number of rotatable bonds is 4. The molecule has 0 aliphatic heterocycles. The van der Waals surface area contributed by atoms with Gasteiger partial charge in [-0.05, 0) is 30.9 Å². The van der Waals surface area contributed by atoms with Gasteiger partial charge in [0.15, 0.2) is 0 Å². The van der Waals surface area contributed by atoms with Gasteiger partial charge in [0.05, 0.1) is 0 Å². The SMILES string of the molecule is CC(=O)[C@@H]1C[C@H](C(=O)NS(=O)(=O)c2cccnc2)C1(C)C. The fraction of sp³-hybridized carbons (Fsp3) is 0.500. The van der Waals surface area contributed by atoms with E-state index in [4.69, 9.17) is 0 Å². The van der Waals surface area contributed by atoms with Crippen molar-refractivity contribution in [3.63, 3.8) is 0 Å². The van der Waals surface area contributed by atoms with Crippen LogP contribution >= 0.6 is 0 Å². The second kappa shape index (κ2) is 5.22. The first-order valence-electron chi connectivity index (χ1n) is 6.63. The largest absolute Gasteiger partial charge is 0.300 e. The summed E-state index contributed by atoms with van der Waals surface area (Å²) >= 11 is 0. The summed E-state index contributed by atoms with van der Waals surface area (Å²) in [5.41, 5.74) is -0.527. The molecule has 0 saturated heterocycles. The van der Waals surface area contributed by atoms with Gasteiger partial charge in [-0.3, -0.25) is 14.6 Å². The molecule has 0 spiro atoms. The van der Waals surface area contributed by atoms with Crippen molar-refractivity contribution >= 4 is 21.7 Å². The van der Waals surface area contributed by atoms with Gasteiger partial charge in [-0.1, -0.05) is 13.8 Å². The molecule has 2 atom stereocenters. The van der Waals surface area contributed by atoms with E-state index >= 15 is 0 Å². The average Bonchev–Trinajstić information content (AvgIpc) is 2.37. The van der Waals surface area contributed by atoms with Gasteiger partial charge in [0.25, 0.3) is 10.0 Å². The number of nitrogens with one attached hydrogen (secondary N) is 1. The molecule has 1 N–H and O–H groups in total. The van der Waals surface area contributed by atoms with E-state index in [-0.39, 0.29) is 16.6 Å². The molecule has 0 unspecified atom stereocenters. The molecule has 0 aromatic carbocycles. The molecule has 1 heterocycles. The number of nitrogens with zero attached hydrogens (tertiary/aromatic N) is 1. The van der Waals surface area contributed by atoms with E-state index in [9.17, 15) is 18.0 Å².